The summed E-state index contributed by atoms with van der Waals surface area (Å²) < 4.78 is 5.42. The van der Waals surface area contributed by atoms with Crippen LogP contribution in [0.3, 0.4) is 0 Å². The molecule has 0 spiro atoms. The lowest BCUT2D eigenvalue weighted by atomic mass is 10.1. The highest BCUT2D eigenvalue weighted by Gasteiger charge is 2.13. The van der Waals surface area contributed by atoms with Crippen LogP contribution < -0.4 is 5.32 Å². The summed E-state index contributed by atoms with van der Waals surface area (Å²) >= 11 is 0. The van der Waals surface area contributed by atoms with E-state index in [2.05, 4.69) is 29.5 Å². The van der Waals surface area contributed by atoms with Crippen molar-refractivity contribution in [2.45, 2.75) is 27.3 Å². The van der Waals surface area contributed by atoms with Gasteiger partial charge in [0, 0.05) is 23.9 Å². The summed E-state index contributed by atoms with van der Waals surface area (Å²) in [6.07, 6.45) is 0. The Morgan fingerprint density at radius 1 is 1.07 bits per heavy atom. The van der Waals surface area contributed by atoms with Crippen LogP contribution in [0.5, 0.6) is 0 Å². The minimum absolute atomic E-state index is 0.0423. The normalized spacial score (nSPS) is 11.0. The first-order valence-corrected chi connectivity index (χ1v) is 8.99. The Kier molecular flexibility index (Phi) is 5.72. The standard InChI is InChI=1S/C22H25N3O2/c1-15-10-16(2)22(17(3)11-15)23-21(26)14-25(4)13-19-12-20(27-24-19)18-8-6-5-7-9-18/h5-12H,13-14H2,1-4H3,(H,23,26). The SMILES string of the molecule is Cc1cc(C)c(NC(=O)CN(C)Cc2cc(-c3ccccc3)on2)c(C)c1. The van der Waals surface area contributed by atoms with Crippen molar-refractivity contribution in [3.8, 4) is 11.3 Å². The minimum Gasteiger partial charge on any atom is -0.356 e. The van der Waals surface area contributed by atoms with Crippen molar-refractivity contribution >= 4 is 11.6 Å². The summed E-state index contributed by atoms with van der Waals surface area (Å²) in [5.74, 6) is 0.689. The Balaban J connectivity index is 1.59. The lowest BCUT2D eigenvalue weighted by molar-refractivity contribution is -0.117. The molecule has 27 heavy (non-hydrogen) atoms. The summed E-state index contributed by atoms with van der Waals surface area (Å²) in [5.41, 5.74) is 6.03. The Bertz CT molecular complexity index is 909. The predicted octanol–water partition coefficient (Wildman–Crippen LogP) is 4.34. The third-order valence-corrected chi connectivity index (χ3v) is 4.40. The zero-order chi connectivity index (χ0) is 19.4. The maximum atomic E-state index is 12.4. The van der Waals surface area contributed by atoms with Crippen LogP contribution in [-0.4, -0.2) is 29.6 Å². The fourth-order valence-electron chi connectivity index (χ4n) is 3.26. The molecule has 0 radical (unpaired) electrons. The zero-order valence-corrected chi connectivity index (χ0v) is 16.2. The second-order valence-corrected chi connectivity index (χ2v) is 7.04. The molecule has 5 heteroatoms. The number of hydrogen-bond acceptors (Lipinski definition) is 4. The monoisotopic (exact) mass is 363 g/mol. The van der Waals surface area contributed by atoms with E-state index in [-0.39, 0.29) is 12.5 Å². The number of likely N-dealkylation sites (N-methyl/N-ethyl adjacent to an activating group) is 1. The van der Waals surface area contributed by atoms with Crippen molar-refractivity contribution in [2.24, 2.45) is 0 Å². The molecule has 1 aromatic heterocycles. The van der Waals surface area contributed by atoms with Crippen molar-refractivity contribution in [2.75, 3.05) is 18.9 Å². The van der Waals surface area contributed by atoms with E-state index in [1.807, 2.05) is 62.2 Å². The number of nitrogens with one attached hydrogen (secondary N) is 1. The highest BCUT2D eigenvalue weighted by atomic mass is 16.5. The van der Waals surface area contributed by atoms with E-state index < -0.39 is 0 Å². The lowest BCUT2D eigenvalue weighted by Crippen LogP contribution is -2.30. The third-order valence-electron chi connectivity index (χ3n) is 4.40. The molecule has 0 unspecified atom stereocenters. The van der Waals surface area contributed by atoms with Crippen LogP contribution >= 0.6 is 0 Å². The molecule has 0 saturated heterocycles. The van der Waals surface area contributed by atoms with E-state index in [0.717, 1.165) is 33.8 Å². The Morgan fingerprint density at radius 3 is 2.41 bits per heavy atom. The molecule has 2 aromatic carbocycles. The second-order valence-electron chi connectivity index (χ2n) is 7.04. The molecule has 1 heterocycles. The van der Waals surface area contributed by atoms with Crippen LogP contribution in [0.1, 0.15) is 22.4 Å². The van der Waals surface area contributed by atoms with Gasteiger partial charge in [0.1, 0.15) is 0 Å². The number of amides is 1. The number of hydrogen-bond donors (Lipinski definition) is 1. The van der Waals surface area contributed by atoms with Gasteiger partial charge in [0.15, 0.2) is 5.76 Å². The minimum atomic E-state index is -0.0423. The largest absolute Gasteiger partial charge is 0.356 e. The highest BCUT2D eigenvalue weighted by molar-refractivity contribution is 5.93. The average Bonchev–Trinajstić information content (AvgIpc) is 3.07. The van der Waals surface area contributed by atoms with Crippen LogP contribution in [0.15, 0.2) is 53.1 Å². The van der Waals surface area contributed by atoms with Crippen molar-refractivity contribution < 1.29 is 9.32 Å². The van der Waals surface area contributed by atoms with Crippen LogP contribution in [0.4, 0.5) is 5.69 Å². The number of aromatic nitrogens is 1. The van der Waals surface area contributed by atoms with Crippen LogP contribution in [0.2, 0.25) is 0 Å². The summed E-state index contributed by atoms with van der Waals surface area (Å²) in [6.45, 7) is 6.90. The molecule has 3 rings (SSSR count). The van der Waals surface area contributed by atoms with E-state index in [0.29, 0.717) is 6.54 Å². The van der Waals surface area contributed by atoms with Gasteiger partial charge in [-0.2, -0.15) is 0 Å². The maximum Gasteiger partial charge on any atom is 0.238 e. The molecule has 0 aliphatic carbocycles. The lowest BCUT2D eigenvalue weighted by Gasteiger charge is -2.17. The number of carbonyl (C=O) groups is 1. The first-order valence-electron chi connectivity index (χ1n) is 8.99. The fraction of sp³-hybridized carbons (Fsp3) is 0.273. The molecule has 0 atom stereocenters. The first kappa shape index (κ1) is 18.9. The molecule has 5 nitrogen and oxygen atoms in total. The Labute approximate surface area is 160 Å². The van der Waals surface area contributed by atoms with Gasteiger partial charge in [0.05, 0.1) is 12.2 Å². The number of aryl methyl sites for hydroxylation is 3. The van der Waals surface area contributed by atoms with E-state index >= 15 is 0 Å². The molecule has 0 aliphatic heterocycles. The number of anilines is 1. The van der Waals surface area contributed by atoms with Gasteiger partial charge in [-0.15, -0.1) is 0 Å². The summed E-state index contributed by atoms with van der Waals surface area (Å²) in [4.78, 5) is 14.3. The molecule has 0 saturated carbocycles. The number of benzene rings is 2. The predicted molar refractivity (Wildman–Crippen MR) is 108 cm³/mol. The molecule has 1 amide bonds. The number of rotatable bonds is 6. The van der Waals surface area contributed by atoms with Crippen molar-refractivity contribution in [3.63, 3.8) is 0 Å². The van der Waals surface area contributed by atoms with Crippen LogP contribution in [0.25, 0.3) is 11.3 Å². The van der Waals surface area contributed by atoms with Crippen molar-refractivity contribution in [3.05, 3.63) is 70.9 Å². The van der Waals surface area contributed by atoms with Crippen molar-refractivity contribution in [1.82, 2.24) is 10.1 Å². The average molecular weight is 363 g/mol. The summed E-state index contributed by atoms with van der Waals surface area (Å²) in [5, 5.41) is 7.14. The maximum absolute atomic E-state index is 12.4. The van der Waals surface area contributed by atoms with Crippen LogP contribution in [0, 0.1) is 20.8 Å². The molecule has 140 valence electrons. The molecule has 0 bridgehead atoms. The fourth-order valence-corrected chi connectivity index (χ4v) is 3.26. The van der Waals surface area contributed by atoms with Gasteiger partial charge in [-0.25, -0.2) is 0 Å². The van der Waals surface area contributed by atoms with E-state index in [9.17, 15) is 4.79 Å². The summed E-state index contributed by atoms with van der Waals surface area (Å²) in [7, 11) is 1.89. The van der Waals surface area contributed by atoms with E-state index in [4.69, 9.17) is 4.52 Å². The number of carbonyl (C=O) groups excluding carboxylic acids is 1. The van der Waals surface area contributed by atoms with Gasteiger partial charge < -0.3 is 9.84 Å². The van der Waals surface area contributed by atoms with Gasteiger partial charge in [0.2, 0.25) is 5.91 Å². The second kappa shape index (κ2) is 8.18. The topological polar surface area (TPSA) is 58.4 Å². The molecule has 0 aliphatic rings. The van der Waals surface area contributed by atoms with Gasteiger partial charge in [0.25, 0.3) is 0 Å². The Morgan fingerprint density at radius 2 is 1.74 bits per heavy atom. The Hall–Kier alpha value is -2.92. The smallest absolute Gasteiger partial charge is 0.238 e. The third kappa shape index (κ3) is 4.83. The zero-order valence-electron chi connectivity index (χ0n) is 16.2. The van der Waals surface area contributed by atoms with E-state index in [1.54, 1.807) is 0 Å². The number of nitrogens with zero attached hydrogens (tertiary/aromatic N) is 2. The molecular weight excluding hydrogens is 338 g/mol. The quantitative estimate of drug-likeness (QED) is 0.708. The molecule has 1 N–H and O–H groups in total. The highest BCUT2D eigenvalue weighted by Crippen LogP contribution is 2.22. The van der Waals surface area contributed by atoms with Gasteiger partial charge in [-0.05, 0) is 38.9 Å². The van der Waals surface area contributed by atoms with E-state index in [1.165, 1.54) is 5.56 Å². The summed E-state index contributed by atoms with van der Waals surface area (Å²) in [6, 6.07) is 15.9. The van der Waals surface area contributed by atoms with Crippen LogP contribution in [-0.2, 0) is 11.3 Å². The van der Waals surface area contributed by atoms with Gasteiger partial charge in [-0.3, -0.25) is 9.69 Å². The molecular formula is C22H25N3O2. The van der Waals surface area contributed by atoms with Gasteiger partial charge in [-0.1, -0.05) is 53.2 Å². The van der Waals surface area contributed by atoms with Gasteiger partial charge >= 0.3 is 0 Å². The molecule has 3 aromatic rings. The van der Waals surface area contributed by atoms with Crippen molar-refractivity contribution in [1.29, 1.82) is 0 Å². The first-order chi connectivity index (χ1) is 12.9. The molecule has 0 fully saturated rings.